The highest BCUT2D eigenvalue weighted by molar-refractivity contribution is 7.99. The summed E-state index contributed by atoms with van der Waals surface area (Å²) >= 11 is 1.58. The summed E-state index contributed by atoms with van der Waals surface area (Å²) in [6.45, 7) is 1.89. The number of pyridine rings is 1. The van der Waals surface area contributed by atoms with E-state index in [1.165, 1.54) is 0 Å². The summed E-state index contributed by atoms with van der Waals surface area (Å²) in [7, 11) is 1.96. The lowest BCUT2D eigenvalue weighted by Crippen LogP contribution is -2.12. The van der Waals surface area contributed by atoms with Gasteiger partial charge < -0.3 is 9.88 Å². The first-order valence-corrected chi connectivity index (χ1v) is 7.93. The second-order valence-corrected chi connectivity index (χ2v) is 6.13. The highest BCUT2D eigenvalue weighted by Crippen LogP contribution is 2.26. The molecule has 1 aromatic carbocycles. The Labute approximate surface area is 138 Å². The van der Waals surface area contributed by atoms with E-state index < -0.39 is 0 Å². The number of aromatic nitrogens is 3. The predicted molar refractivity (Wildman–Crippen MR) is 90.7 cm³/mol. The number of rotatable bonds is 4. The first-order chi connectivity index (χ1) is 11.1. The zero-order chi connectivity index (χ0) is 16.2. The fraction of sp³-hybridized carbons (Fsp3) is 0.118. The second kappa shape index (κ2) is 6.66. The molecule has 23 heavy (non-hydrogen) atoms. The van der Waals surface area contributed by atoms with Gasteiger partial charge in [0.05, 0.1) is 5.56 Å². The predicted octanol–water partition coefficient (Wildman–Crippen LogP) is 3.53. The highest BCUT2D eigenvalue weighted by Gasteiger charge is 2.07. The molecule has 0 fully saturated rings. The first kappa shape index (κ1) is 15.3. The third-order valence-electron chi connectivity index (χ3n) is 3.27. The van der Waals surface area contributed by atoms with Crippen LogP contribution in [-0.4, -0.2) is 20.4 Å². The molecular weight excluding hydrogens is 308 g/mol. The number of imidazole rings is 1. The number of carbonyl (C=O) groups excluding carboxylic acids is 1. The molecule has 1 amide bonds. The maximum Gasteiger partial charge on any atom is 0.257 e. The molecule has 6 heteroatoms. The fourth-order valence-electron chi connectivity index (χ4n) is 1.97. The molecule has 0 aliphatic rings. The van der Waals surface area contributed by atoms with Crippen LogP contribution in [0.5, 0.6) is 0 Å². The SMILES string of the molecule is Cc1ccc(C(=O)Nc2ccc(Sc3nccn3C)cc2)cn1. The van der Waals surface area contributed by atoms with E-state index in [1.807, 2.05) is 55.1 Å². The maximum absolute atomic E-state index is 12.1. The molecule has 3 aromatic rings. The summed E-state index contributed by atoms with van der Waals surface area (Å²) in [5.41, 5.74) is 2.18. The Hall–Kier alpha value is -2.60. The van der Waals surface area contributed by atoms with Gasteiger partial charge in [-0.1, -0.05) is 11.8 Å². The molecule has 0 saturated carbocycles. The average molecular weight is 324 g/mol. The normalized spacial score (nSPS) is 10.5. The van der Waals surface area contributed by atoms with Crippen LogP contribution in [0.1, 0.15) is 16.1 Å². The monoisotopic (exact) mass is 324 g/mol. The minimum atomic E-state index is -0.165. The summed E-state index contributed by atoms with van der Waals surface area (Å²) in [6, 6.07) is 11.3. The maximum atomic E-state index is 12.1. The number of amides is 1. The van der Waals surface area contributed by atoms with Crippen LogP contribution in [-0.2, 0) is 7.05 Å². The van der Waals surface area contributed by atoms with Gasteiger partial charge in [-0.05, 0) is 43.3 Å². The molecule has 0 radical (unpaired) electrons. The molecule has 0 aliphatic heterocycles. The average Bonchev–Trinajstić information content (AvgIpc) is 2.95. The highest BCUT2D eigenvalue weighted by atomic mass is 32.2. The van der Waals surface area contributed by atoms with E-state index in [0.29, 0.717) is 5.56 Å². The van der Waals surface area contributed by atoms with E-state index in [1.54, 1.807) is 30.2 Å². The number of aryl methyl sites for hydroxylation is 2. The number of hydrogen-bond acceptors (Lipinski definition) is 4. The topological polar surface area (TPSA) is 59.8 Å². The van der Waals surface area contributed by atoms with Crippen molar-refractivity contribution in [2.45, 2.75) is 17.0 Å². The van der Waals surface area contributed by atoms with E-state index in [0.717, 1.165) is 21.4 Å². The molecule has 1 N–H and O–H groups in total. The Morgan fingerprint density at radius 1 is 1.13 bits per heavy atom. The van der Waals surface area contributed by atoms with Gasteiger partial charge in [0.2, 0.25) is 0 Å². The molecule has 2 aromatic heterocycles. The summed E-state index contributed by atoms with van der Waals surface area (Å²) < 4.78 is 1.96. The Kier molecular flexibility index (Phi) is 4.43. The molecular formula is C17H16N4OS. The number of benzene rings is 1. The van der Waals surface area contributed by atoms with Crippen molar-refractivity contribution in [3.8, 4) is 0 Å². The Morgan fingerprint density at radius 2 is 1.91 bits per heavy atom. The van der Waals surface area contributed by atoms with Crippen molar-refractivity contribution in [2.24, 2.45) is 7.05 Å². The number of nitrogens with one attached hydrogen (secondary N) is 1. The van der Waals surface area contributed by atoms with Crippen molar-refractivity contribution >= 4 is 23.4 Å². The second-order valence-electron chi connectivity index (χ2n) is 5.09. The molecule has 0 saturated heterocycles. The van der Waals surface area contributed by atoms with Gasteiger partial charge in [-0.2, -0.15) is 0 Å². The van der Waals surface area contributed by atoms with Crippen LogP contribution in [0.25, 0.3) is 0 Å². The van der Waals surface area contributed by atoms with Crippen molar-refractivity contribution in [3.63, 3.8) is 0 Å². The first-order valence-electron chi connectivity index (χ1n) is 7.11. The van der Waals surface area contributed by atoms with Crippen molar-refractivity contribution in [1.29, 1.82) is 0 Å². The van der Waals surface area contributed by atoms with Gasteiger partial charge in [-0.3, -0.25) is 9.78 Å². The largest absolute Gasteiger partial charge is 0.329 e. The number of carbonyl (C=O) groups is 1. The van der Waals surface area contributed by atoms with Crippen LogP contribution in [0.2, 0.25) is 0 Å². The van der Waals surface area contributed by atoms with Gasteiger partial charge in [0.25, 0.3) is 5.91 Å². The van der Waals surface area contributed by atoms with Gasteiger partial charge in [0, 0.05) is 41.9 Å². The van der Waals surface area contributed by atoms with Gasteiger partial charge >= 0.3 is 0 Å². The Morgan fingerprint density at radius 3 is 2.52 bits per heavy atom. The summed E-state index contributed by atoms with van der Waals surface area (Å²) in [4.78, 5) is 21.6. The molecule has 5 nitrogen and oxygen atoms in total. The fourth-order valence-corrected chi connectivity index (χ4v) is 2.77. The number of nitrogens with zero attached hydrogens (tertiary/aromatic N) is 3. The number of anilines is 1. The van der Waals surface area contributed by atoms with E-state index in [9.17, 15) is 4.79 Å². The smallest absolute Gasteiger partial charge is 0.257 e. The third-order valence-corrected chi connectivity index (χ3v) is 4.36. The molecule has 116 valence electrons. The van der Waals surface area contributed by atoms with Crippen LogP contribution in [0.4, 0.5) is 5.69 Å². The van der Waals surface area contributed by atoms with Gasteiger partial charge in [0.15, 0.2) is 5.16 Å². The van der Waals surface area contributed by atoms with E-state index in [-0.39, 0.29) is 5.91 Å². The quantitative estimate of drug-likeness (QED) is 0.797. The van der Waals surface area contributed by atoms with Crippen LogP contribution in [0.15, 0.2) is 65.0 Å². The van der Waals surface area contributed by atoms with Crippen LogP contribution in [0, 0.1) is 6.92 Å². The molecule has 3 rings (SSSR count). The summed E-state index contributed by atoms with van der Waals surface area (Å²) in [6.07, 6.45) is 5.26. The zero-order valence-electron chi connectivity index (χ0n) is 12.9. The molecule has 2 heterocycles. The van der Waals surface area contributed by atoms with Gasteiger partial charge in [-0.25, -0.2) is 4.98 Å². The molecule has 0 unspecified atom stereocenters. The lowest BCUT2D eigenvalue weighted by Gasteiger charge is -2.07. The van der Waals surface area contributed by atoms with Crippen molar-refractivity contribution in [2.75, 3.05) is 5.32 Å². The van der Waals surface area contributed by atoms with Gasteiger partial charge in [0.1, 0.15) is 0 Å². The Balaban J connectivity index is 1.66. The summed E-state index contributed by atoms with van der Waals surface area (Å²) in [5.74, 6) is -0.165. The third kappa shape index (κ3) is 3.78. The minimum absolute atomic E-state index is 0.165. The molecule has 0 aliphatic carbocycles. The van der Waals surface area contributed by atoms with Crippen LogP contribution < -0.4 is 5.32 Å². The van der Waals surface area contributed by atoms with Crippen LogP contribution in [0.3, 0.4) is 0 Å². The van der Waals surface area contributed by atoms with E-state index >= 15 is 0 Å². The minimum Gasteiger partial charge on any atom is -0.329 e. The lowest BCUT2D eigenvalue weighted by atomic mass is 10.2. The summed E-state index contributed by atoms with van der Waals surface area (Å²) in [5, 5.41) is 3.79. The zero-order valence-corrected chi connectivity index (χ0v) is 13.7. The lowest BCUT2D eigenvalue weighted by molar-refractivity contribution is 0.102. The van der Waals surface area contributed by atoms with Crippen LogP contribution >= 0.6 is 11.8 Å². The van der Waals surface area contributed by atoms with E-state index in [4.69, 9.17) is 0 Å². The molecule has 0 bridgehead atoms. The number of hydrogen-bond donors (Lipinski definition) is 1. The standard InChI is InChI=1S/C17H16N4OS/c1-12-3-4-13(11-19-12)16(22)20-14-5-7-15(8-6-14)23-17-18-9-10-21(17)2/h3-11H,1-2H3,(H,20,22). The van der Waals surface area contributed by atoms with E-state index in [2.05, 4.69) is 15.3 Å². The van der Waals surface area contributed by atoms with Crippen molar-refractivity contribution in [3.05, 3.63) is 66.2 Å². The molecule has 0 atom stereocenters. The van der Waals surface area contributed by atoms with Crippen molar-refractivity contribution in [1.82, 2.24) is 14.5 Å². The Bertz CT molecular complexity index is 809. The molecule has 0 spiro atoms. The van der Waals surface area contributed by atoms with Gasteiger partial charge in [-0.15, -0.1) is 0 Å². The van der Waals surface area contributed by atoms with Crippen molar-refractivity contribution < 1.29 is 4.79 Å².